The quantitative estimate of drug-likeness (QED) is 0.832. The van der Waals surface area contributed by atoms with E-state index in [4.69, 9.17) is 10.5 Å². The zero-order valence-corrected chi connectivity index (χ0v) is 15.3. The van der Waals surface area contributed by atoms with Gasteiger partial charge in [-0.2, -0.15) is 0 Å². The number of ether oxygens (including phenoxy) is 1. The highest BCUT2D eigenvalue weighted by molar-refractivity contribution is 5.86. The van der Waals surface area contributed by atoms with Crippen LogP contribution in [0.4, 0.5) is 0 Å². The van der Waals surface area contributed by atoms with Gasteiger partial charge in [-0.15, -0.1) is 0 Å². The van der Waals surface area contributed by atoms with Crippen LogP contribution in [-0.4, -0.2) is 43.1 Å². The lowest BCUT2D eigenvalue weighted by molar-refractivity contribution is -0.126. The number of methoxy groups -OCH3 is 1. The van der Waals surface area contributed by atoms with Crippen molar-refractivity contribution in [2.75, 3.05) is 26.7 Å². The van der Waals surface area contributed by atoms with Crippen LogP contribution < -0.4 is 15.8 Å². The number of rotatable bonds is 6. The molecule has 1 heterocycles. The van der Waals surface area contributed by atoms with Gasteiger partial charge in [-0.05, 0) is 44.8 Å². The Morgan fingerprint density at radius 2 is 1.88 bits per heavy atom. The number of nitrogens with one attached hydrogen (secondary N) is 1. The fourth-order valence-electron chi connectivity index (χ4n) is 4.21. The van der Waals surface area contributed by atoms with Gasteiger partial charge in [-0.25, -0.2) is 0 Å². The summed E-state index contributed by atoms with van der Waals surface area (Å²) in [7, 11) is 1.71. The van der Waals surface area contributed by atoms with E-state index in [1.54, 1.807) is 7.11 Å². The third-order valence-corrected chi connectivity index (χ3v) is 5.73. The largest absolute Gasteiger partial charge is 0.496 e. The molecule has 1 aliphatic carbocycles. The second kappa shape index (κ2) is 8.19. The van der Waals surface area contributed by atoms with E-state index in [-0.39, 0.29) is 11.9 Å². The van der Waals surface area contributed by atoms with Crippen molar-refractivity contribution in [3.8, 4) is 5.75 Å². The monoisotopic (exact) mass is 345 g/mol. The minimum Gasteiger partial charge on any atom is -0.496 e. The summed E-state index contributed by atoms with van der Waals surface area (Å²) < 4.78 is 5.58. The van der Waals surface area contributed by atoms with Crippen LogP contribution in [0, 0.1) is 0 Å². The number of benzene rings is 1. The molecule has 1 atom stereocenters. The van der Waals surface area contributed by atoms with Gasteiger partial charge in [0.25, 0.3) is 0 Å². The highest BCUT2D eigenvalue weighted by Crippen LogP contribution is 2.32. The molecule has 0 spiro atoms. The van der Waals surface area contributed by atoms with Crippen molar-refractivity contribution in [2.45, 2.75) is 56.5 Å². The molecule has 2 fully saturated rings. The number of carbonyl (C=O) groups excluding carboxylic acids is 1. The summed E-state index contributed by atoms with van der Waals surface area (Å²) in [6.45, 7) is 2.71. The molecule has 5 nitrogen and oxygen atoms in total. The van der Waals surface area contributed by atoms with Crippen molar-refractivity contribution in [1.29, 1.82) is 0 Å². The molecule has 25 heavy (non-hydrogen) atoms. The Morgan fingerprint density at radius 3 is 2.56 bits per heavy atom. The lowest BCUT2D eigenvalue weighted by Crippen LogP contribution is -2.53. The molecule has 3 rings (SSSR count). The molecule has 0 radical (unpaired) electrons. The molecule has 1 saturated carbocycles. The average Bonchev–Trinajstić information content (AvgIpc) is 3.11. The molecular formula is C20H31N3O2. The van der Waals surface area contributed by atoms with Gasteiger partial charge in [-0.3, -0.25) is 9.69 Å². The number of hydrogen-bond acceptors (Lipinski definition) is 4. The minimum absolute atomic E-state index is 0.00177. The normalized spacial score (nSPS) is 21.7. The van der Waals surface area contributed by atoms with Crippen LogP contribution in [0.25, 0.3) is 0 Å². The molecule has 1 aromatic rings. The lowest BCUT2D eigenvalue weighted by atomic mass is 9.97. The zero-order valence-electron chi connectivity index (χ0n) is 15.3. The van der Waals surface area contributed by atoms with Crippen molar-refractivity contribution in [2.24, 2.45) is 5.73 Å². The van der Waals surface area contributed by atoms with E-state index in [2.05, 4.69) is 16.3 Å². The average molecular weight is 345 g/mol. The Kier molecular flexibility index (Phi) is 5.97. The van der Waals surface area contributed by atoms with Gasteiger partial charge in [0.15, 0.2) is 0 Å². The number of amides is 1. The summed E-state index contributed by atoms with van der Waals surface area (Å²) in [5.41, 5.74) is 6.78. The third kappa shape index (κ3) is 4.15. The van der Waals surface area contributed by atoms with Crippen molar-refractivity contribution < 1.29 is 9.53 Å². The number of hydrogen-bond donors (Lipinski definition) is 2. The second-order valence-corrected chi connectivity index (χ2v) is 7.43. The smallest absolute Gasteiger partial charge is 0.240 e. The molecule has 1 aromatic carbocycles. The van der Waals surface area contributed by atoms with Crippen molar-refractivity contribution in [1.82, 2.24) is 10.2 Å². The maximum atomic E-state index is 12.7. The van der Waals surface area contributed by atoms with Crippen molar-refractivity contribution in [3.63, 3.8) is 0 Å². The Hall–Kier alpha value is -1.59. The molecular weight excluding hydrogens is 314 g/mol. The Bertz CT molecular complexity index is 578. The first-order chi connectivity index (χ1) is 12.1. The number of piperidine rings is 1. The van der Waals surface area contributed by atoms with E-state index in [0.29, 0.717) is 6.54 Å². The first kappa shape index (κ1) is 18.2. The van der Waals surface area contributed by atoms with Crippen LogP contribution in [0.2, 0.25) is 0 Å². The SMILES string of the molecule is COc1ccccc1C(CNC(=O)C1(N)CCCC1)N1CCCCC1. The predicted molar refractivity (Wildman–Crippen MR) is 99.6 cm³/mol. The number of nitrogens with zero attached hydrogens (tertiary/aromatic N) is 1. The van der Waals surface area contributed by atoms with Gasteiger partial charge in [-0.1, -0.05) is 37.5 Å². The van der Waals surface area contributed by atoms with Crippen LogP contribution in [0.1, 0.15) is 56.6 Å². The van der Waals surface area contributed by atoms with Crippen LogP contribution in [-0.2, 0) is 4.79 Å². The Labute approximate surface area is 150 Å². The molecule has 3 N–H and O–H groups in total. The van der Waals surface area contributed by atoms with Gasteiger partial charge in [0, 0.05) is 12.1 Å². The predicted octanol–water partition coefficient (Wildman–Crippen LogP) is 2.61. The van der Waals surface area contributed by atoms with Crippen LogP contribution in [0.5, 0.6) is 5.75 Å². The van der Waals surface area contributed by atoms with E-state index >= 15 is 0 Å². The molecule has 1 saturated heterocycles. The highest BCUT2D eigenvalue weighted by Gasteiger charge is 2.37. The van der Waals surface area contributed by atoms with Crippen LogP contribution in [0.15, 0.2) is 24.3 Å². The van der Waals surface area contributed by atoms with Gasteiger partial charge < -0.3 is 15.8 Å². The summed E-state index contributed by atoms with van der Waals surface area (Å²) in [6, 6.07) is 8.26. The number of nitrogens with two attached hydrogens (primary N) is 1. The number of para-hydroxylation sites is 1. The summed E-state index contributed by atoms with van der Waals surface area (Å²) in [5.74, 6) is 0.887. The van der Waals surface area contributed by atoms with E-state index in [1.807, 2.05) is 18.2 Å². The Morgan fingerprint density at radius 1 is 1.20 bits per heavy atom. The highest BCUT2D eigenvalue weighted by atomic mass is 16.5. The minimum atomic E-state index is -0.673. The third-order valence-electron chi connectivity index (χ3n) is 5.73. The van der Waals surface area contributed by atoms with Gasteiger partial charge in [0.1, 0.15) is 5.75 Å². The van der Waals surface area contributed by atoms with E-state index in [0.717, 1.165) is 50.1 Å². The van der Waals surface area contributed by atoms with Gasteiger partial charge >= 0.3 is 0 Å². The molecule has 5 heteroatoms. The number of likely N-dealkylation sites (tertiary alicyclic amines) is 1. The van der Waals surface area contributed by atoms with Gasteiger partial charge in [0.05, 0.1) is 18.7 Å². The molecule has 2 aliphatic rings. The second-order valence-electron chi connectivity index (χ2n) is 7.43. The molecule has 0 bridgehead atoms. The lowest BCUT2D eigenvalue weighted by Gasteiger charge is -2.36. The van der Waals surface area contributed by atoms with Crippen molar-refractivity contribution in [3.05, 3.63) is 29.8 Å². The molecule has 0 aromatic heterocycles. The van der Waals surface area contributed by atoms with E-state index < -0.39 is 5.54 Å². The maximum Gasteiger partial charge on any atom is 0.240 e. The molecule has 1 amide bonds. The number of carbonyl (C=O) groups is 1. The standard InChI is InChI=1S/C20H31N3O2/c1-25-18-10-4-3-9-16(18)17(23-13-7-2-8-14-23)15-22-19(24)20(21)11-5-6-12-20/h3-4,9-10,17H,2,5-8,11-15,21H2,1H3,(H,22,24). The Balaban J connectivity index is 1.75. The molecule has 1 aliphatic heterocycles. The van der Waals surface area contributed by atoms with Crippen LogP contribution >= 0.6 is 0 Å². The van der Waals surface area contributed by atoms with Crippen LogP contribution in [0.3, 0.4) is 0 Å². The first-order valence-electron chi connectivity index (χ1n) is 9.58. The van der Waals surface area contributed by atoms with E-state index in [9.17, 15) is 4.79 Å². The van der Waals surface area contributed by atoms with Crippen molar-refractivity contribution >= 4 is 5.91 Å². The fourth-order valence-corrected chi connectivity index (χ4v) is 4.21. The van der Waals surface area contributed by atoms with E-state index in [1.165, 1.54) is 19.3 Å². The zero-order chi connectivity index (χ0) is 17.7. The van der Waals surface area contributed by atoms with Gasteiger partial charge in [0.2, 0.25) is 5.91 Å². The molecule has 1 unspecified atom stereocenters. The summed E-state index contributed by atoms with van der Waals surface area (Å²) in [5, 5.41) is 3.15. The maximum absolute atomic E-state index is 12.7. The summed E-state index contributed by atoms with van der Waals surface area (Å²) in [4.78, 5) is 15.1. The fraction of sp³-hybridized carbons (Fsp3) is 0.650. The summed E-state index contributed by atoms with van der Waals surface area (Å²) in [6.07, 6.45) is 7.38. The summed E-state index contributed by atoms with van der Waals surface area (Å²) >= 11 is 0. The molecule has 138 valence electrons. The topological polar surface area (TPSA) is 67.6 Å². The first-order valence-corrected chi connectivity index (χ1v) is 9.58.